The van der Waals surface area contributed by atoms with Crippen molar-refractivity contribution in [3.63, 3.8) is 0 Å². The topological polar surface area (TPSA) is 53.1 Å². The highest BCUT2D eigenvalue weighted by molar-refractivity contribution is 5.53. The summed E-state index contributed by atoms with van der Waals surface area (Å²) in [6.45, 7) is 4.10. The Kier molecular flexibility index (Phi) is 5.48. The quantitative estimate of drug-likeness (QED) is 0.818. The molecule has 2 heterocycles. The van der Waals surface area contributed by atoms with Gasteiger partial charge in [-0.25, -0.2) is 4.98 Å². The van der Waals surface area contributed by atoms with Crippen LogP contribution in [0.4, 0.5) is 11.8 Å². The maximum Gasteiger partial charge on any atom is 0.224 e. The molecular formula is C17H29N5. The zero-order valence-corrected chi connectivity index (χ0v) is 13.8. The summed E-state index contributed by atoms with van der Waals surface area (Å²) in [6, 6.07) is 0. The molecular weight excluding hydrogens is 274 g/mol. The van der Waals surface area contributed by atoms with Gasteiger partial charge in [-0.3, -0.25) is 0 Å². The van der Waals surface area contributed by atoms with E-state index >= 15 is 0 Å². The van der Waals surface area contributed by atoms with Crippen LogP contribution in [0, 0.1) is 0 Å². The van der Waals surface area contributed by atoms with Gasteiger partial charge in [-0.1, -0.05) is 12.8 Å². The van der Waals surface area contributed by atoms with E-state index in [4.69, 9.17) is 9.97 Å². The highest BCUT2D eigenvalue weighted by Gasteiger charge is 2.22. The molecule has 0 unspecified atom stereocenters. The molecule has 0 aromatic carbocycles. The van der Waals surface area contributed by atoms with Crippen LogP contribution >= 0.6 is 0 Å². The summed E-state index contributed by atoms with van der Waals surface area (Å²) in [5.74, 6) is 2.04. The highest BCUT2D eigenvalue weighted by atomic mass is 15.2. The van der Waals surface area contributed by atoms with E-state index in [-0.39, 0.29) is 0 Å². The van der Waals surface area contributed by atoms with Crippen molar-refractivity contribution >= 4 is 11.8 Å². The van der Waals surface area contributed by atoms with E-state index in [1.54, 1.807) is 0 Å². The smallest absolute Gasteiger partial charge is 0.224 e. The van der Waals surface area contributed by atoms with Crippen LogP contribution in [0.3, 0.4) is 0 Å². The molecule has 2 N–H and O–H groups in total. The zero-order chi connectivity index (χ0) is 15.2. The van der Waals surface area contributed by atoms with Crippen LogP contribution in [0.1, 0.15) is 49.8 Å². The van der Waals surface area contributed by atoms with Crippen molar-refractivity contribution in [1.29, 1.82) is 0 Å². The average Bonchev–Trinajstić information content (AvgIpc) is 2.83. The first kappa shape index (κ1) is 15.5. The van der Waals surface area contributed by atoms with Gasteiger partial charge >= 0.3 is 0 Å². The molecule has 2 aliphatic rings. The van der Waals surface area contributed by atoms with Gasteiger partial charge in [0, 0.05) is 31.7 Å². The molecule has 0 spiro atoms. The van der Waals surface area contributed by atoms with Crippen LogP contribution in [-0.4, -0.2) is 43.2 Å². The number of hydrogen-bond donors (Lipinski definition) is 2. The molecule has 0 radical (unpaired) electrons. The number of likely N-dealkylation sites (N-methyl/N-ethyl adjacent to an activating group) is 1. The molecule has 1 aromatic heterocycles. The van der Waals surface area contributed by atoms with Crippen LogP contribution in [-0.2, 0) is 12.8 Å². The summed E-state index contributed by atoms with van der Waals surface area (Å²) in [6.07, 6.45) is 10.1. The number of anilines is 2. The van der Waals surface area contributed by atoms with E-state index in [2.05, 4.69) is 15.5 Å². The molecule has 3 rings (SSSR count). The van der Waals surface area contributed by atoms with Gasteiger partial charge in [0.25, 0.3) is 0 Å². The minimum atomic E-state index is 0.815. The van der Waals surface area contributed by atoms with Crippen molar-refractivity contribution in [3.8, 4) is 0 Å². The Morgan fingerprint density at radius 2 is 1.68 bits per heavy atom. The van der Waals surface area contributed by atoms with E-state index in [0.29, 0.717) is 0 Å². The lowest BCUT2D eigenvalue weighted by Crippen LogP contribution is -2.28. The molecule has 5 nitrogen and oxygen atoms in total. The molecule has 122 valence electrons. The Balaban J connectivity index is 1.86. The highest BCUT2D eigenvalue weighted by Crippen LogP contribution is 2.30. The summed E-state index contributed by atoms with van der Waals surface area (Å²) in [5, 5.41) is 6.54. The minimum absolute atomic E-state index is 0.815. The largest absolute Gasteiger partial charge is 0.356 e. The number of nitrogens with zero attached hydrogens (tertiary/aromatic N) is 3. The van der Waals surface area contributed by atoms with E-state index in [1.165, 1.54) is 55.6 Å². The van der Waals surface area contributed by atoms with Gasteiger partial charge in [-0.15, -0.1) is 0 Å². The fourth-order valence-corrected chi connectivity index (χ4v) is 3.50. The van der Waals surface area contributed by atoms with Gasteiger partial charge in [-0.2, -0.15) is 4.98 Å². The van der Waals surface area contributed by atoms with Gasteiger partial charge in [0.2, 0.25) is 5.95 Å². The fraction of sp³-hybridized carbons (Fsp3) is 0.765. The second-order valence-corrected chi connectivity index (χ2v) is 6.43. The van der Waals surface area contributed by atoms with Gasteiger partial charge in [-0.05, 0) is 45.6 Å². The Morgan fingerprint density at radius 3 is 2.45 bits per heavy atom. The third-order valence-corrected chi connectivity index (χ3v) is 4.72. The maximum absolute atomic E-state index is 4.90. The Hall–Kier alpha value is -1.36. The summed E-state index contributed by atoms with van der Waals surface area (Å²) in [4.78, 5) is 12.2. The molecule has 0 amide bonds. The van der Waals surface area contributed by atoms with Crippen molar-refractivity contribution in [1.82, 2.24) is 15.3 Å². The van der Waals surface area contributed by atoms with Crippen molar-refractivity contribution in [2.75, 3.05) is 43.4 Å². The molecule has 1 aliphatic heterocycles. The molecule has 1 saturated heterocycles. The van der Waals surface area contributed by atoms with Crippen molar-refractivity contribution < 1.29 is 0 Å². The van der Waals surface area contributed by atoms with Crippen molar-refractivity contribution in [2.24, 2.45) is 0 Å². The third kappa shape index (κ3) is 3.69. The molecule has 22 heavy (non-hydrogen) atoms. The monoisotopic (exact) mass is 303 g/mol. The van der Waals surface area contributed by atoms with Crippen LogP contribution in [0.5, 0.6) is 0 Å². The minimum Gasteiger partial charge on any atom is -0.356 e. The molecule has 1 aromatic rings. The molecule has 0 bridgehead atoms. The molecule has 1 fully saturated rings. The van der Waals surface area contributed by atoms with Crippen molar-refractivity contribution in [2.45, 2.75) is 51.4 Å². The van der Waals surface area contributed by atoms with Gasteiger partial charge in [0.15, 0.2) is 0 Å². The van der Waals surface area contributed by atoms with Crippen LogP contribution in [0.2, 0.25) is 0 Å². The number of rotatable bonds is 5. The molecule has 0 atom stereocenters. The van der Waals surface area contributed by atoms with E-state index in [1.807, 2.05) is 7.05 Å². The lowest BCUT2D eigenvalue weighted by molar-refractivity contribution is 0.653. The van der Waals surface area contributed by atoms with Gasteiger partial charge < -0.3 is 15.5 Å². The number of nitrogens with one attached hydrogen (secondary N) is 2. The first-order valence-electron chi connectivity index (χ1n) is 8.91. The summed E-state index contributed by atoms with van der Waals surface area (Å²) < 4.78 is 0. The second kappa shape index (κ2) is 7.77. The first-order chi connectivity index (χ1) is 10.9. The van der Waals surface area contributed by atoms with Gasteiger partial charge in [0.05, 0.1) is 5.69 Å². The van der Waals surface area contributed by atoms with Crippen LogP contribution in [0.25, 0.3) is 0 Å². The standard InChI is InChI=1S/C17H29N5/c1-18-10-11-19-17-20-15-9-5-4-8-14(15)16(21-17)22-12-6-2-3-7-13-22/h18H,2-13H2,1H3,(H,19,20,21). The lowest BCUT2D eigenvalue weighted by Gasteiger charge is -2.27. The average molecular weight is 303 g/mol. The predicted molar refractivity (Wildman–Crippen MR) is 91.8 cm³/mol. The molecule has 5 heteroatoms. The van der Waals surface area contributed by atoms with E-state index in [0.717, 1.165) is 45.0 Å². The lowest BCUT2D eigenvalue weighted by atomic mass is 9.96. The predicted octanol–water partition coefficient (Wildman–Crippen LogP) is 2.37. The Labute approximate surface area is 133 Å². The molecule has 0 saturated carbocycles. The summed E-state index contributed by atoms with van der Waals surface area (Å²) >= 11 is 0. The summed E-state index contributed by atoms with van der Waals surface area (Å²) in [7, 11) is 1.97. The Bertz CT molecular complexity index is 480. The first-order valence-corrected chi connectivity index (χ1v) is 8.91. The fourth-order valence-electron chi connectivity index (χ4n) is 3.50. The Morgan fingerprint density at radius 1 is 0.909 bits per heavy atom. The zero-order valence-electron chi connectivity index (χ0n) is 13.8. The number of fused-ring (bicyclic) bond motifs is 1. The SMILES string of the molecule is CNCCNc1nc2c(c(N3CCCCCC3)n1)CCCC2. The van der Waals surface area contributed by atoms with Crippen molar-refractivity contribution in [3.05, 3.63) is 11.3 Å². The van der Waals surface area contributed by atoms with Gasteiger partial charge in [0.1, 0.15) is 5.82 Å². The number of hydrogen-bond acceptors (Lipinski definition) is 5. The number of aromatic nitrogens is 2. The normalized spacial score (nSPS) is 18.7. The van der Waals surface area contributed by atoms with Crippen LogP contribution in [0.15, 0.2) is 0 Å². The third-order valence-electron chi connectivity index (χ3n) is 4.72. The van der Waals surface area contributed by atoms with Crippen LogP contribution < -0.4 is 15.5 Å². The number of aryl methyl sites for hydroxylation is 1. The van der Waals surface area contributed by atoms with E-state index < -0.39 is 0 Å². The van der Waals surface area contributed by atoms with E-state index in [9.17, 15) is 0 Å². The summed E-state index contributed by atoms with van der Waals surface area (Å²) in [5.41, 5.74) is 2.71. The molecule has 1 aliphatic carbocycles. The maximum atomic E-state index is 4.90. The second-order valence-electron chi connectivity index (χ2n) is 6.43.